The monoisotopic (exact) mass is 485 g/mol. The average molecular weight is 486 g/mol. The first-order chi connectivity index (χ1) is 15.3. The third kappa shape index (κ3) is 6.70. The second-order valence-electron chi connectivity index (χ2n) is 7.56. The quantitative estimate of drug-likeness (QED) is 0.623. The summed E-state index contributed by atoms with van der Waals surface area (Å²) in [5.74, 6) is -1.21. The summed E-state index contributed by atoms with van der Waals surface area (Å²) >= 11 is 0. The van der Waals surface area contributed by atoms with E-state index in [1.807, 2.05) is 19.1 Å². The SMILES string of the molecule is CNC(=O)C(C)N(Cc1ccccc1C)C(=O)CN(c1cccc(C(F)(F)F)c1)S(C)(=O)=O. The van der Waals surface area contributed by atoms with Crippen LogP contribution in [-0.4, -0.2) is 51.0 Å². The topological polar surface area (TPSA) is 86.8 Å². The zero-order chi connectivity index (χ0) is 25.0. The standard InChI is InChI=1S/C22H26F3N3O4S/c1-15-8-5-6-9-17(15)13-27(16(2)21(30)26-3)20(29)14-28(33(4,31)32)19-11-7-10-18(12-19)22(23,24)25/h5-12,16H,13-14H2,1-4H3,(H,26,30). The molecule has 0 radical (unpaired) electrons. The Morgan fingerprint density at radius 3 is 2.27 bits per heavy atom. The number of alkyl halides is 3. The lowest BCUT2D eigenvalue weighted by Crippen LogP contribution is -2.50. The lowest BCUT2D eigenvalue weighted by Gasteiger charge is -2.31. The minimum atomic E-state index is -4.69. The van der Waals surface area contributed by atoms with Crippen LogP contribution in [0.15, 0.2) is 48.5 Å². The molecule has 0 aliphatic heterocycles. The van der Waals surface area contributed by atoms with Crippen LogP contribution in [0.1, 0.15) is 23.6 Å². The first-order valence-electron chi connectivity index (χ1n) is 9.96. The molecule has 1 N–H and O–H groups in total. The number of carbonyl (C=O) groups is 2. The van der Waals surface area contributed by atoms with E-state index in [1.165, 1.54) is 24.9 Å². The third-order valence-electron chi connectivity index (χ3n) is 5.16. The zero-order valence-corrected chi connectivity index (χ0v) is 19.5. The Morgan fingerprint density at radius 2 is 1.73 bits per heavy atom. The number of carbonyl (C=O) groups excluding carboxylic acids is 2. The van der Waals surface area contributed by atoms with E-state index < -0.39 is 46.2 Å². The highest BCUT2D eigenvalue weighted by Gasteiger charge is 2.33. The van der Waals surface area contributed by atoms with Crippen LogP contribution in [0.4, 0.5) is 18.9 Å². The van der Waals surface area contributed by atoms with Crippen LogP contribution in [0, 0.1) is 6.92 Å². The molecule has 1 atom stereocenters. The Morgan fingerprint density at radius 1 is 1.09 bits per heavy atom. The Labute approximate surface area is 191 Å². The minimum absolute atomic E-state index is 0.0142. The number of halogens is 3. The summed E-state index contributed by atoms with van der Waals surface area (Å²) in [5.41, 5.74) is 0.254. The fourth-order valence-corrected chi connectivity index (χ4v) is 4.06. The highest BCUT2D eigenvalue weighted by atomic mass is 32.2. The number of benzene rings is 2. The number of nitrogens with zero attached hydrogens (tertiary/aromatic N) is 2. The highest BCUT2D eigenvalue weighted by Crippen LogP contribution is 2.32. The molecule has 33 heavy (non-hydrogen) atoms. The molecule has 2 rings (SSSR count). The average Bonchev–Trinajstić information content (AvgIpc) is 2.74. The number of anilines is 1. The molecule has 0 bridgehead atoms. The molecule has 1 unspecified atom stereocenters. The highest BCUT2D eigenvalue weighted by molar-refractivity contribution is 7.92. The van der Waals surface area contributed by atoms with Crippen LogP contribution in [0.2, 0.25) is 0 Å². The molecular formula is C22H26F3N3O4S. The van der Waals surface area contributed by atoms with Gasteiger partial charge in [0.25, 0.3) is 0 Å². The van der Waals surface area contributed by atoms with Gasteiger partial charge in [-0.25, -0.2) is 8.42 Å². The van der Waals surface area contributed by atoms with E-state index in [4.69, 9.17) is 0 Å². The molecule has 0 saturated heterocycles. The molecule has 11 heteroatoms. The molecule has 2 aromatic carbocycles. The first kappa shape index (κ1) is 26.2. The van der Waals surface area contributed by atoms with E-state index in [2.05, 4.69) is 5.32 Å². The minimum Gasteiger partial charge on any atom is -0.357 e. The number of hydrogen-bond acceptors (Lipinski definition) is 4. The molecule has 0 aliphatic rings. The van der Waals surface area contributed by atoms with Gasteiger partial charge in [0.2, 0.25) is 21.8 Å². The molecule has 0 aliphatic carbocycles. The van der Waals surface area contributed by atoms with Crippen LogP contribution in [-0.2, 0) is 32.3 Å². The molecule has 2 amide bonds. The molecule has 180 valence electrons. The van der Waals surface area contributed by atoms with Gasteiger partial charge in [-0.05, 0) is 43.2 Å². The number of rotatable bonds is 8. The van der Waals surface area contributed by atoms with E-state index in [9.17, 15) is 31.2 Å². The molecule has 0 saturated carbocycles. The molecule has 2 aromatic rings. The maximum Gasteiger partial charge on any atom is 0.416 e. The zero-order valence-electron chi connectivity index (χ0n) is 18.7. The van der Waals surface area contributed by atoms with Crippen molar-refractivity contribution in [2.24, 2.45) is 0 Å². The molecular weight excluding hydrogens is 459 g/mol. The molecule has 0 aromatic heterocycles. The van der Waals surface area contributed by atoms with Gasteiger partial charge in [0, 0.05) is 13.6 Å². The lowest BCUT2D eigenvalue weighted by atomic mass is 10.1. The van der Waals surface area contributed by atoms with E-state index in [0.29, 0.717) is 10.4 Å². The van der Waals surface area contributed by atoms with E-state index in [0.717, 1.165) is 29.5 Å². The summed E-state index contributed by atoms with van der Waals surface area (Å²) in [7, 11) is -2.72. The van der Waals surface area contributed by atoms with Crippen molar-refractivity contribution >= 4 is 27.5 Å². The second-order valence-corrected chi connectivity index (χ2v) is 9.46. The van der Waals surface area contributed by atoms with Gasteiger partial charge in [0.1, 0.15) is 12.6 Å². The summed E-state index contributed by atoms with van der Waals surface area (Å²) < 4.78 is 64.9. The third-order valence-corrected chi connectivity index (χ3v) is 6.30. The fraction of sp³-hybridized carbons (Fsp3) is 0.364. The van der Waals surface area contributed by atoms with Gasteiger partial charge in [-0.1, -0.05) is 30.3 Å². The Balaban J connectivity index is 2.45. The summed E-state index contributed by atoms with van der Waals surface area (Å²) in [4.78, 5) is 26.7. The summed E-state index contributed by atoms with van der Waals surface area (Å²) in [6.45, 7) is 2.56. The Bertz CT molecular complexity index is 1120. The Hall–Kier alpha value is -3.08. The van der Waals surface area contributed by atoms with Crippen LogP contribution in [0.3, 0.4) is 0 Å². The fourth-order valence-electron chi connectivity index (χ4n) is 3.21. The van der Waals surface area contributed by atoms with Crippen LogP contribution in [0.25, 0.3) is 0 Å². The molecule has 0 heterocycles. The van der Waals surface area contributed by atoms with Crippen molar-refractivity contribution in [1.82, 2.24) is 10.2 Å². The van der Waals surface area contributed by atoms with Gasteiger partial charge >= 0.3 is 6.18 Å². The Kier molecular flexibility index (Phi) is 8.12. The summed E-state index contributed by atoms with van der Waals surface area (Å²) in [6, 6.07) is 9.95. The van der Waals surface area contributed by atoms with E-state index in [-0.39, 0.29) is 12.2 Å². The summed E-state index contributed by atoms with van der Waals surface area (Å²) in [6.07, 6.45) is -3.89. The largest absolute Gasteiger partial charge is 0.416 e. The lowest BCUT2D eigenvalue weighted by molar-refractivity contribution is -0.139. The van der Waals surface area contributed by atoms with Crippen molar-refractivity contribution in [3.05, 3.63) is 65.2 Å². The van der Waals surface area contributed by atoms with Gasteiger partial charge in [0.15, 0.2) is 0 Å². The van der Waals surface area contributed by atoms with Crippen molar-refractivity contribution in [2.75, 3.05) is 24.2 Å². The van der Waals surface area contributed by atoms with Crippen LogP contribution in [0.5, 0.6) is 0 Å². The van der Waals surface area contributed by atoms with Crippen molar-refractivity contribution in [3.8, 4) is 0 Å². The number of likely N-dealkylation sites (N-methyl/N-ethyl adjacent to an activating group) is 1. The first-order valence-corrected chi connectivity index (χ1v) is 11.8. The van der Waals surface area contributed by atoms with Gasteiger partial charge in [-0.15, -0.1) is 0 Å². The van der Waals surface area contributed by atoms with Gasteiger partial charge in [-0.2, -0.15) is 13.2 Å². The van der Waals surface area contributed by atoms with Gasteiger partial charge < -0.3 is 10.2 Å². The van der Waals surface area contributed by atoms with Gasteiger partial charge in [0.05, 0.1) is 17.5 Å². The maximum absolute atomic E-state index is 13.3. The van der Waals surface area contributed by atoms with Crippen LogP contribution >= 0.6 is 0 Å². The molecule has 0 fully saturated rings. The van der Waals surface area contributed by atoms with E-state index >= 15 is 0 Å². The van der Waals surface area contributed by atoms with Gasteiger partial charge in [-0.3, -0.25) is 13.9 Å². The smallest absolute Gasteiger partial charge is 0.357 e. The second kappa shape index (κ2) is 10.2. The van der Waals surface area contributed by atoms with Crippen molar-refractivity contribution in [2.45, 2.75) is 32.6 Å². The molecule has 7 nitrogen and oxygen atoms in total. The van der Waals surface area contributed by atoms with Crippen molar-refractivity contribution in [1.29, 1.82) is 0 Å². The number of sulfonamides is 1. The molecule has 0 spiro atoms. The summed E-state index contributed by atoms with van der Waals surface area (Å²) in [5, 5.41) is 2.45. The number of nitrogens with one attached hydrogen (secondary N) is 1. The predicted molar refractivity (Wildman–Crippen MR) is 119 cm³/mol. The number of hydrogen-bond donors (Lipinski definition) is 1. The van der Waals surface area contributed by atoms with E-state index in [1.54, 1.807) is 12.1 Å². The maximum atomic E-state index is 13.3. The van der Waals surface area contributed by atoms with Crippen molar-refractivity contribution in [3.63, 3.8) is 0 Å². The van der Waals surface area contributed by atoms with Crippen molar-refractivity contribution < 1.29 is 31.2 Å². The normalized spacial score (nSPS) is 12.7. The predicted octanol–water partition coefficient (Wildman–Crippen LogP) is 2.94. The number of aryl methyl sites for hydroxylation is 1. The number of amides is 2. The van der Waals surface area contributed by atoms with Crippen LogP contribution < -0.4 is 9.62 Å².